The van der Waals surface area contributed by atoms with Gasteiger partial charge >= 0.3 is 18.2 Å². The Kier molecular flexibility index (Phi) is 7.48. The van der Waals surface area contributed by atoms with Gasteiger partial charge in [-0.1, -0.05) is 13.8 Å². The van der Waals surface area contributed by atoms with E-state index >= 15 is 0 Å². The van der Waals surface area contributed by atoms with Crippen LogP contribution in [0.2, 0.25) is 0 Å². The van der Waals surface area contributed by atoms with Crippen LogP contribution in [0.5, 0.6) is 0 Å². The maximum Gasteiger partial charge on any atom is 0.406 e. The van der Waals surface area contributed by atoms with E-state index in [0.717, 1.165) is 0 Å². The Labute approximate surface area is 120 Å². The smallest absolute Gasteiger partial charge is 0.406 e. The van der Waals surface area contributed by atoms with Crippen LogP contribution in [0.1, 0.15) is 26.7 Å². The van der Waals surface area contributed by atoms with E-state index in [-0.39, 0.29) is 19.4 Å². The molecule has 124 valence electrons. The van der Waals surface area contributed by atoms with Crippen molar-refractivity contribution in [3.05, 3.63) is 0 Å². The van der Waals surface area contributed by atoms with E-state index in [0.29, 0.717) is 4.90 Å². The summed E-state index contributed by atoms with van der Waals surface area (Å²) in [4.78, 5) is 23.4. The number of amides is 2. The Hall–Kier alpha value is -1.51. The number of hydrogen-bond donors (Lipinski definition) is 3. The number of urea groups is 1. The summed E-state index contributed by atoms with van der Waals surface area (Å²) < 4.78 is 37.0. The Bertz CT molecular complexity index is 357. The minimum atomic E-state index is -4.59. The highest BCUT2D eigenvalue weighted by molar-refractivity contribution is 5.78. The highest BCUT2D eigenvalue weighted by Gasteiger charge is 2.37. The largest absolute Gasteiger partial charge is 0.481 e. The lowest BCUT2D eigenvalue weighted by Crippen LogP contribution is -2.50. The topological polar surface area (TPSA) is 89.9 Å². The number of aliphatic carboxylic acids is 1. The van der Waals surface area contributed by atoms with Crippen molar-refractivity contribution >= 4 is 12.0 Å². The third kappa shape index (κ3) is 6.19. The Morgan fingerprint density at radius 3 is 2.05 bits per heavy atom. The van der Waals surface area contributed by atoms with Gasteiger partial charge in [0.2, 0.25) is 0 Å². The molecule has 0 aromatic carbocycles. The van der Waals surface area contributed by atoms with Crippen LogP contribution in [0.4, 0.5) is 18.0 Å². The van der Waals surface area contributed by atoms with Crippen LogP contribution in [0.15, 0.2) is 0 Å². The van der Waals surface area contributed by atoms with Crippen LogP contribution in [0.3, 0.4) is 0 Å². The average Bonchev–Trinajstić information content (AvgIpc) is 2.37. The highest BCUT2D eigenvalue weighted by Crippen LogP contribution is 2.25. The monoisotopic (exact) mass is 314 g/mol. The number of carboxylic acid groups (broad SMARTS) is 1. The minimum Gasteiger partial charge on any atom is -0.481 e. The molecule has 0 atom stereocenters. The number of carbonyl (C=O) groups is 2. The Morgan fingerprint density at radius 1 is 1.19 bits per heavy atom. The van der Waals surface area contributed by atoms with Crippen molar-refractivity contribution in [3.63, 3.8) is 0 Å². The molecule has 0 bridgehead atoms. The molecule has 9 heteroatoms. The molecule has 0 aromatic heterocycles. The second kappa shape index (κ2) is 8.06. The van der Waals surface area contributed by atoms with E-state index < -0.39 is 43.3 Å². The first-order chi connectivity index (χ1) is 9.61. The number of rotatable bonds is 8. The standard InChI is InChI=1S/C12H21F3N2O4/c1-3-11(4-2,9(19)20)7-16-10(21)17(5-6-18)8-12(13,14)15/h18H,3-8H2,1-2H3,(H,16,21)(H,19,20). The maximum atomic E-state index is 12.3. The number of alkyl halides is 3. The van der Waals surface area contributed by atoms with Crippen LogP contribution >= 0.6 is 0 Å². The Morgan fingerprint density at radius 2 is 1.71 bits per heavy atom. The molecule has 0 heterocycles. The number of nitrogens with zero attached hydrogens (tertiary/aromatic N) is 1. The van der Waals surface area contributed by atoms with Gasteiger partial charge in [0.05, 0.1) is 12.0 Å². The summed E-state index contributed by atoms with van der Waals surface area (Å²) >= 11 is 0. The number of aliphatic hydroxyl groups excluding tert-OH is 1. The fourth-order valence-electron chi connectivity index (χ4n) is 1.82. The summed E-state index contributed by atoms with van der Waals surface area (Å²) in [5.74, 6) is -1.11. The minimum absolute atomic E-state index is 0.235. The molecule has 0 radical (unpaired) electrons. The summed E-state index contributed by atoms with van der Waals surface area (Å²) in [5, 5.41) is 20.1. The van der Waals surface area contributed by atoms with E-state index in [1.165, 1.54) is 0 Å². The first kappa shape index (κ1) is 19.5. The molecule has 0 aliphatic heterocycles. The molecule has 0 aliphatic rings. The van der Waals surface area contributed by atoms with Gasteiger partial charge in [-0.15, -0.1) is 0 Å². The quantitative estimate of drug-likeness (QED) is 0.632. The zero-order valence-corrected chi connectivity index (χ0v) is 12.0. The summed E-state index contributed by atoms with van der Waals surface area (Å²) in [6.45, 7) is 0.389. The number of hydrogen-bond acceptors (Lipinski definition) is 3. The summed E-state index contributed by atoms with van der Waals surface area (Å²) in [6.07, 6.45) is -4.12. The van der Waals surface area contributed by atoms with Gasteiger partial charge in [-0.2, -0.15) is 13.2 Å². The SMILES string of the molecule is CCC(CC)(CNC(=O)N(CCO)CC(F)(F)F)C(=O)O. The summed E-state index contributed by atoms with van der Waals surface area (Å²) in [6, 6.07) is -1.05. The van der Waals surface area contributed by atoms with Gasteiger partial charge in [0.25, 0.3) is 0 Å². The van der Waals surface area contributed by atoms with Crippen molar-refractivity contribution in [3.8, 4) is 0 Å². The molecular formula is C12H21F3N2O4. The van der Waals surface area contributed by atoms with Gasteiger partial charge in [-0.3, -0.25) is 4.79 Å². The van der Waals surface area contributed by atoms with Crippen LogP contribution in [0.25, 0.3) is 0 Å². The predicted octanol–water partition coefficient (Wildman–Crippen LogP) is 1.44. The molecular weight excluding hydrogens is 293 g/mol. The van der Waals surface area contributed by atoms with E-state index in [4.69, 9.17) is 5.11 Å². The van der Waals surface area contributed by atoms with Crippen LogP contribution in [-0.4, -0.2) is 59.5 Å². The first-order valence-electron chi connectivity index (χ1n) is 6.55. The molecule has 21 heavy (non-hydrogen) atoms. The van der Waals surface area contributed by atoms with E-state index in [9.17, 15) is 27.9 Å². The van der Waals surface area contributed by atoms with Crippen molar-refractivity contribution < 1.29 is 33.0 Å². The number of carbonyl (C=O) groups excluding carboxylic acids is 1. The third-order valence-electron chi connectivity index (χ3n) is 3.41. The van der Waals surface area contributed by atoms with Gasteiger partial charge in [-0.05, 0) is 12.8 Å². The lowest BCUT2D eigenvalue weighted by molar-refractivity contribution is -0.149. The first-order valence-corrected chi connectivity index (χ1v) is 6.55. The number of halogens is 3. The van der Waals surface area contributed by atoms with Crippen LogP contribution in [0, 0.1) is 5.41 Å². The van der Waals surface area contributed by atoms with Crippen molar-refractivity contribution in [1.82, 2.24) is 10.2 Å². The van der Waals surface area contributed by atoms with E-state index in [2.05, 4.69) is 5.32 Å². The molecule has 3 N–H and O–H groups in total. The molecule has 0 rings (SSSR count). The number of aliphatic hydroxyl groups is 1. The normalized spacial score (nSPS) is 12.1. The lowest BCUT2D eigenvalue weighted by Gasteiger charge is -2.29. The number of carboxylic acids is 1. The van der Waals surface area contributed by atoms with Crippen LogP contribution < -0.4 is 5.32 Å². The number of nitrogens with one attached hydrogen (secondary N) is 1. The van der Waals surface area contributed by atoms with E-state index in [1.807, 2.05) is 0 Å². The maximum absolute atomic E-state index is 12.3. The Balaban J connectivity index is 4.79. The van der Waals surface area contributed by atoms with Crippen molar-refractivity contribution in [2.45, 2.75) is 32.9 Å². The molecule has 0 saturated carbocycles. The molecule has 6 nitrogen and oxygen atoms in total. The third-order valence-corrected chi connectivity index (χ3v) is 3.41. The van der Waals surface area contributed by atoms with Gasteiger partial charge in [-0.25, -0.2) is 4.79 Å². The summed E-state index contributed by atoms with van der Waals surface area (Å²) in [7, 11) is 0. The fraction of sp³-hybridized carbons (Fsp3) is 0.833. The highest BCUT2D eigenvalue weighted by atomic mass is 19.4. The molecule has 2 amide bonds. The molecule has 0 saturated heterocycles. The average molecular weight is 314 g/mol. The zero-order chi connectivity index (χ0) is 16.7. The second-order valence-electron chi connectivity index (χ2n) is 4.71. The predicted molar refractivity (Wildman–Crippen MR) is 68.8 cm³/mol. The van der Waals surface area contributed by atoms with Gasteiger partial charge in [0, 0.05) is 13.1 Å². The van der Waals surface area contributed by atoms with Crippen molar-refractivity contribution in [2.24, 2.45) is 5.41 Å². The molecule has 0 unspecified atom stereocenters. The molecule has 0 aromatic rings. The molecule has 0 spiro atoms. The van der Waals surface area contributed by atoms with Gasteiger partial charge in [0.15, 0.2) is 0 Å². The van der Waals surface area contributed by atoms with Crippen LogP contribution in [-0.2, 0) is 4.79 Å². The lowest BCUT2D eigenvalue weighted by atomic mass is 9.82. The fourth-order valence-corrected chi connectivity index (χ4v) is 1.82. The molecule has 0 aliphatic carbocycles. The molecule has 0 fully saturated rings. The van der Waals surface area contributed by atoms with E-state index in [1.54, 1.807) is 13.8 Å². The van der Waals surface area contributed by atoms with Gasteiger partial charge < -0.3 is 20.4 Å². The second-order valence-corrected chi connectivity index (χ2v) is 4.71. The summed E-state index contributed by atoms with van der Waals surface area (Å²) in [5.41, 5.74) is -1.21. The van der Waals surface area contributed by atoms with Crippen molar-refractivity contribution in [1.29, 1.82) is 0 Å². The zero-order valence-electron chi connectivity index (χ0n) is 12.0. The van der Waals surface area contributed by atoms with Gasteiger partial charge in [0.1, 0.15) is 6.54 Å². The van der Waals surface area contributed by atoms with Crippen molar-refractivity contribution in [2.75, 3.05) is 26.2 Å².